The van der Waals surface area contributed by atoms with Crippen molar-refractivity contribution in [3.05, 3.63) is 117 Å². The van der Waals surface area contributed by atoms with Gasteiger partial charge in [0, 0.05) is 11.3 Å². The molecule has 4 rings (SSSR count). The van der Waals surface area contributed by atoms with Gasteiger partial charge in [0.2, 0.25) is 0 Å². The van der Waals surface area contributed by atoms with Crippen molar-refractivity contribution >= 4 is 11.9 Å². The predicted molar refractivity (Wildman–Crippen MR) is 136 cm³/mol. The van der Waals surface area contributed by atoms with Gasteiger partial charge in [0.15, 0.2) is 0 Å². The SMILES string of the molecule is CCCCc1c(C(F)F)n(C(=O)c2ccccc2)c(=O)n1Cc1ccc(-c2ccccc2C(=O)O)cc1. The molecule has 1 aromatic heterocycles. The topological polar surface area (TPSA) is 81.3 Å². The third-order valence-corrected chi connectivity index (χ3v) is 6.25. The Hall–Kier alpha value is -4.33. The second-order valence-corrected chi connectivity index (χ2v) is 8.66. The summed E-state index contributed by atoms with van der Waals surface area (Å²) in [5.41, 5.74) is 0.939. The van der Waals surface area contributed by atoms with Crippen molar-refractivity contribution in [2.45, 2.75) is 39.2 Å². The highest BCUT2D eigenvalue weighted by atomic mass is 19.3. The molecule has 0 aliphatic carbocycles. The molecule has 0 saturated carbocycles. The summed E-state index contributed by atoms with van der Waals surface area (Å²) in [5.74, 6) is -1.84. The summed E-state index contributed by atoms with van der Waals surface area (Å²) in [6.45, 7) is 1.91. The van der Waals surface area contributed by atoms with E-state index in [1.54, 1.807) is 60.7 Å². The van der Waals surface area contributed by atoms with Crippen molar-refractivity contribution < 1.29 is 23.5 Å². The molecule has 190 valence electrons. The minimum absolute atomic E-state index is 0.00642. The maximum absolute atomic E-state index is 14.3. The number of nitrogens with zero attached hydrogens (tertiary/aromatic N) is 2. The summed E-state index contributed by atoms with van der Waals surface area (Å²) in [7, 11) is 0. The number of benzene rings is 3. The summed E-state index contributed by atoms with van der Waals surface area (Å²) in [6, 6.07) is 21.4. The van der Waals surface area contributed by atoms with Gasteiger partial charge in [-0.05, 0) is 47.7 Å². The van der Waals surface area contributed by atoms with E-state index in [0.29, 0.717) is 27.7 Å². The Bertz CT molecular complexity index is 1470. The van der Waals surface area contributed by atoms with Gasteiger partial charge in [0.05, 0.1) is 12.1 Å². The Morgan fingerprint density at radius 2 is 1.57 bits per heavy atom. The molecule has 0 atom stereocenters. The van der Waals surface area contributed by atoms with E-state index < -0.39 is 29.7 Å². The average molecular weight is 505 g/mol. The van der Waals surface area contributed by atoms with Crippen molar-refractivity contribution in [2.75, 3.05) is 0 Å². The molecule has 3 aromatic carbocycles. The molecule has 0 saturated heterocycles. The molecule has 6 nitrogen and oxygen atoms in total. The lowest BCUT2D eigenvalue weighted by Gasteiger charge is -2.11. The maximum atomic E-state index is 14.3. The Balaban J connectivity index is 1.77. The standard InChI is InChI=1S/C29H26F2N2O4/c1-2-3-13-24-25(26(30)31)33(27(34)21-9-5-4-6-10-21)29(37)32(24)18-19-14-16-20(17-15-19)22-11-7-8-12-23(22)28(35)36/h4-12,14-17,26H,2-3,13,18H2,1H3,(H,35,36). The van der Waals surface area contributed by atoms with E-state index in [-0.39, 0.29) is 29.8 Å². The molecule has 0 fully saturated rings. The molecule has 8 heteroatoms. The number of hydrogen-bond donors (Lipinski definition) is 1. The zero-order chi connectivity index (χ0) is 26.5. The van der Waals surface area contributed by atoms with Crippen LogP contribution in [0.2, 0.25) is 0 Å². The first-order chi connectivity index (χ1) is 17.8. The normalized spacial score (nSPS) is 11.1. The minimum atomic E-state index is -3.01. The number of aromatic carboxylic acids is 1. The Labute approximate surface area is 212 Å². The number of carboxylic acids is 1. The lowest BCUT2D eigenvalue weighted by molar-refractivity contribution is 0.0697. The molecule has 0 radical (unpaired) electrons. The van der Waals surface area contributed by atoms with Gasteiger partial charge < -0.3 is 5.11 Å². The number of carbonyl (C=O) groups excluding carboxylic acids is 1. The molecular formula is C29H26F2N2O4. The van der Waals surface area contributed by atoms with Crippen molar-refractivity contribution in [1.29, 1.82) is 0 Å². The molecule has 0 bridgehead atoms. The van der Waals surface area contributed by atoms with Crippen LogP contribution in [-0.2, 0) is 13.0 Å². The van der Waals surface area contributed by atoms with Crippen molar-refractivity contribution in [3.63, 3.8) is 0 Å². The summed E-state index contributed by atoms with van der Waals surface area (Å²) in [4.78, 5) is 38.1. The fraction of sp³-hybridized carbons (Fsp3) is 0.207. The van der Waals surface area contributed by atoms with Gasteiger partial charge in [-0.1, -0.05) is 74.0 Å². The number of unbranched alkanes of at least 4 members (excludes halogenated alkanes) is 1. The van der Waals surface area contributed by atoms with E-state index >= 15 is 0 Å². The Kier molecular flexibility index (Phi) is 7.77. The molecule has 4 aromatic rings. The summed E-state index contributed by atoms with van der Waals surface area (Å²) in [6.07, 6.45) is -1.48. The Morgan fingerprint density at radius 3 is 2.19 bits per heavy atom. The number of imidazole rings is 1. The first kappa shape index (κ1) is 25.8. The minimum Gasteiger partial charge on any atom is -0.478 e. The van der Waals surface area contributed by atoms with Crippen LogP contribution in [-0.4, -0.2) is 26.1 Å². The van der Waals surface area contributed by atoms with E-state index in [2.05, 4.69) is 0 Å². The second-order valence-electron chi connectivity index (χ2n) is 8.66. The van der Waals surface area contributed by atoms with E-state index in [0.717, 1.165) is 6.42 Å². The molecule has 0 unspecified atom stereocenters. The number of hydrogen-bond acceptors (Lipinski definition) is 3. The van der Waals surface area contributed by atoms with Crippen LogP contribution in [0.15, 0.2) is 83.7 Å². The van der Waals surface area contributed by atoms with Crippen LogP contribution in [0.4, 0.5) is 8.78 Å². The third-order valence-electron chi connectivity index (χ3n) is 6.25. The van der Waals surface area contributed by atoms with Gasteiger partial charge >= 0.3 is 11.7 Å². The fourth-order valence-electron chi connectivity index (χ4n) is 4.40. The molecular weight excluding hydrogens is 478 g/mol. The molecule has 0 spiro atoms. The van der Waals surface area contributed by atoms with Gasteiger partial charge in [-0.2, -0.15) is 0 Å². The van der Waals surface area contributed by atoms with Crippen molar-refractivity contribution in [2.24, 2.45) is 0 Å². The molecule has 1 N–H and O–H groups in total. The zero-order valence-electron chi connectivity index (χ0n) is 20.2. The van der Waals surface area contributed by atoms with Crippen molar-refractivity contribution in [3.8, 4) is 11.1 Å². The number of carbonyl (C=O) groups is 2. The van der Waals surface area contributed by atoms with Crippen LogP contribution in [0, 0.1) is 0 Å². The summed E-state index contributed by atoms with van der Waals surface area (Å²) in [5, 5.41) is 9.48. The number of aromatic nitrogens is 2. The van der Waals surface area contributed by atoms with E-state index in [1.807, 2.05) is 6.92 Å². The molecule has 37 heavy (non-hydrogen) atoms. The number of carboxylic acid groups (broad SMARTS) is 1. The highest BCUT2D eigenvalue weighted by molar-refractivity contribution is 5.96. The molecule has 0 aliphatic heterocycles. The van der Waals surface area contributed by atoms with Gasteiger partial charge in [0.25, 0.3) is 12.3 Å². The Morgan fingerprint density at radius 1 is 0.919 bits per heavy atom. The van der Waals surface area contributed by atoms with Crippen molar-refractivity contribution in [1.82, 2.24) is 9.13 Å². The van der Waals surface area contributed by atoms with E-state index in [1.165, 1.54) is 22.8 Å². The van der Waals surface area contributed by atoms with Gasteiger partial charge in [-0.3, -0.25) is 9.36 Å². The molecule has 1 heterocycles. The van der Waals surface area contributed by atoms with Crippen LogP contribution in [0.25, 0.3) is 11.1 Å². The van der Waals surface area contributed by atoms with Gasteiger partial charge in [-0.25, -0.2) is 22.9 Å². The smallest absolute Gasteiger partial charge is 0.336 e. The highest BCUT2D eigenvalue weighted by Crippen LogP contribution is 2.27. The van der Waals surface area contributed by atoms with E-state index in [9.17, 15) is 28.3 Å². The second kappa shape index (κ2) is 11.2. The fourth-order valence-corrected chi connectivity index (χ4v) is 4.40. The van der Waals surface area contributed by atoms with Crippen LogP contribution >= 0.6 is 0 Å². The van der Waals surface area contributed by atoms with Crippen LogP contribution in [0.5, 0.6) is 0 Å². The maximum Gasteiger partial charge on any atom is 0.336 e. The summed E-state index contributed by atoms with van der Waals surface area (Å²) >= 11 is 0. The van der Waals surface area contributed by atoms with Gasteiger partial charge in [0.1, 0.15) is 5.69 Å². The molecule has 0 aliphatic rings. The average Bonchev–Trinajstić information content (AvgIpc) is 3.19. The van der Waals surface area contributed by atoms with Crippen LogP contribution in [0.1, 0.15) is 63.9 Å². The first-order valence-electron chi connectivity index (χ1n) is 12.0. The lowest BCUT2D eigenvalue weighted by atomic mass is 9.99. The number of halogens is 2. The zero-order valence-corrected chi connectivity index (χ0v) is 20.2. The largest absolute Gasteiger partial charge is 0.478 e. The van der Waals surface area contributed by atoms with Gasteiger partial charge in [-0.15, -0.1) is 0 Å². The van der Waals surface area contributed by atoms with E-state index in [4.69, 9.17) is 0 Å². The molecule has 0 amide bonds. The highest BCUT2D eigenvalue weighted by Gasteiger charge is 2.29. The lowest BCUT2D eigenvalue weighted by Crippen LogP contribution is -2.31. The summed E-state index contributed by atoms with van der Waals surface area (Å²) < 4.78 is 30.4. The predicted octanol–water partition coefficient (Wildman–Crippen LogP) is 6.03. The monoisotopic (exact) mass is 504 g/mol. The quantitative estimate of drug-likeness (QED) is 0.302. The number of alkyl halides is 2. The van der Waals surface area contributed by atoms with Crippen LogP contribution < -0.4 is 5.69 Å². The third kappa shape index (κ3) is 5.28. The number of rotatable bonds is 9. The van der Waals surface area contributed by atoms with Crippen LogP contribution in [0.3, 0.4) is 0 Å². The first-order valence-corrected chi connectivity index (χ1v) is 12.0.